The van der Waals surface area contributed by atoms with E-state index in [9.17, 15) is 9.18 Å². The van der Waals surface area contributed by atoms with Crippen LogP contribution < -0.4 is 10.5 Å². The number of carbonyl (C=O) groups excluding carboxylic acids is 1. The highest BCUT2D eigenvalue weighted by atomic mass is 19.1. The van der Waals surface area contributed by atoms with Gasteiger partial charge in [0.2, 0.25) is 5.91 Å². The van der Waals surface area contributed by atoms with E-state index in [0.29, 0.717) is 17.8 Å². The lowest BCUT2D eigenvalue weighted by atomic mass is 9.51. The Morgan fingerprint density at radius 2 is 1.87 bits per heavy atom. The number of ether oxygens (including phenoxy) is 2. The van der Waals surface area contributed by atoms with Gasteiger partial charge in [-0.1, -0.05) is 12.1 Å². The van der Waals surface area contributed by atoms with Gasteiger partial charge in [-0.05, 0) is 74.5 Å². The average Bonchev–Trinajstić information content (AvgIpc) is 2.85. The predicted molar refractivity (Wildman–Crippen MR) is 119 cm³/mol. The Bertz CT molecular complexity index is 783. The molecule has 1 amide bonds. The van der Waals surface area contributed by atoms with Crippen LogP contribution in [0.25, 0.3) is 0 Å². The number of benzene rings is 1. The van der Waals surface area contributed by atoms with E-state index in [1.807, 2.05) is 12.1 Å². The van der Waals surface area contributed by atoms with Crippen LogP contribution in [0.1, 0.15) is 56.9 Å². The van der Waals surface area contributed by atoms with Gasteiger partial charge < -0.3 is 20.1 Å². The van der Waals surface area contributed by atoms with E-state index in [2.05, 4.69) is 17.0 Å². The van der Waals surface area contributed by atoms with Gasteiger partial charge in [0.1, 0.15) is 12.4 Å². The Balaban J connectivity index is 1.39. The molecule has 1 saturated heterocycles. The summed E-state index contributed by atoms with van der Waals surface area (Å²) in [5.74, 6) is 1.09. The Morgan fingerprint density at radius 1 is 1.19 bits per heavy atom. The fraction of sp³-hybridized carbons (Fsp3) is 0.640. The molecule has 1 aromatic carbocycles. The number of methoxy groups -OCH3 is 1. The van der Waals surface area contributed by atoms with E-state index in [-0.39, 0.29) is 30.1 Å². The smallest absolute Gasteiger partial charge is 0.228 e. The monoisotopic (exact) mass is 430 g/mol. The third-order valence-corrected chi connectivity index (χ3v) is 8.01. The van der Waals surface area contributed by atoms with Crippen LogP contribution in [-0.4, -0.2) is 50.3 Å². The van der Waals surface area contributed by atoms with Crippen LogP contribution in [0.3, 0.4) is 0 Å². The minimum Gasteiger partial charge on any atom is -0.489 e. The SMILES string of the molecule is CO[C@@H]1CCCN(C(=O)C23CCC(c4ccc(OC/C(=C/F)CN)cc4)(CC2)CC3)C1. The van der Waals surface area contributed by atoms with Crippen molar-refractivity contribution in [1.29, 1.82) is 0 Å². The number of fused-ring (bicyclic) bond motifs is 3. The number of hydrogen-bond donors (Lipinski definition) is 1. The maximum atomic E-state index is 13.5. The molecular formula is C25H35FN2O3. The molecule has 5 nitrogen and oxygen atoms in total. The number of nitrogens with zero attached hydrogens (tertiary/aromatic N) is 1. The van der Waals surface area contributed by atoms with Crippen molar-refractivity contribution in [2.75, 3.05) is 33.4 Å². The summed E-state index contributed by atoms with van der Waals surface area (Å²) in [4.78, 5) is 15.5. The molecule has 2 bridgehead atoms. The molecule has 5 rings (SSSR count). The molecule has 6 heteroatoms. The molecule has 3 aliphatic carbocycles. The minimum absolute atomic E-state index is 0.154. The van der Waals surface area contributed by atoms with E-state index in [0.717, 1.165) is 70.2 Å². The van der Waals surface area contributed by atoms with E-state index < -0.39 is 0 Å². The Morgan fingerprint density at radius 3 is 2.45 bits per heavy atom. The Hall–Kier alpha value is -1.92. The van der Waals surface area contributed by atoms with Gasteiger partial charge in [0, 0.05) is 37.7 Å². The van der Waals surface area contributed by atoms with Crippen LogP contribution >= 0.6 is 0 Å². The maximum Gasteiger partial charge on any atom is 0.228 e. The van der Waals surface area contributed by atoms with Gasteiger partial charge in [0.15, 0.2) is 0 Å². The van der Waals surface area contributed by atoms with Crippen molar-refractivity contribution in [2.45, 2.75) is 62.9 Å². The normalized spacial score (nSPS) is 31.0. The third-order valence-electron chi connectivity index (χ3n) is 8.01. The average molecular weight is 431 g/mol. The number of rotatable bonds is 7. The maximum absolute atomic E-state index is 13.5. The highest BCUT2D eigenvalue weighted by Crippen LogP contribution is 2.58. The molecule has 1 aliphatic heterocycles. The molecule has 31 heavy (non-hydrogen) atoms. The zero-order chi connectivity index (χ0) is 21.9. The first kappa shape index (κ1) is 22.3. The first-order valence-electron chi connectivity index (χ1n) is 11.6. The Kier molecular flexibility index (Phi) is 6.68. The van der Waals surface area contributed by atoms with Crippen LogP contribution in [0, 0.1) is 5.41 Å². The zero-order valence-electron chi connectivity index (χ0n) is 18.6. The Labute approximate surface area is 184 Å². The van der Waals surface area contributed by atoms with Crippen LogP contribution in [0.5, 0.6) is 5.75 Å². The van der Waals surface area contributed by atoms with Crippen LogP contribution in [0.2, 0.25) is 0 Å². The van der Waals surface area contributed by atoms with Crippen LogP contribution in [0.4, 0.5) is 4.39 Å². The molecule has 3 saturated carbocycles. The van der Waals surface area contributed by atoms with Crippen molar-refractivity contribution in [2.24, 2.45) is 11.1 Å². The lowest BCUT2D eigenvalue weighted by Crippen LogP contribution is -2.55. The van der Waals surface area contributed by atoms with Crippen molar-refractivity contribution in [3.05, 3.63) is 41.7 Å². The van der Waals surface area contributed by atoms with Crippen molar-refractivity contribution < 1.29 is 18.7 Å². The second-order valence-corrected chi connectivity index (χ2v) is 9.60. The van der Waals surface area contributed by atoms with Crippen LogP contribution in [0.15, 0.2) is 36.2 Å². The first-order valence-corrected chi connectivity index (χ1v) is 11.6. The standard InChI is InChI=1S/C25H35FN2O3/c1-30-22-3-2-14-28(17-22)23(29)25-11-8-24(9-12-25,10-13-25)20-4-6-21(7-5-20)31-18-19(15-26)16-27/h4-7,15,22H,2-3,8-14,16-18,27H2,1H3/b19-15+/t22-,24?,25?/m1/s1. The molecule has 1 heterocycles. The zero-order valence-corrected chi connectivity index (χ0v) is 18.6. The molecule has 0 spiro atoms. The lowest BCUT2D eigenvalue weighted by Gasteiger charge is -2.54. The van der Waals surface area contributed by atoms with E-state index in [4.69, 9.17) is 15.2 Å². The molecule has 170 valence electrons. The second-order valence-electron chi connectivity index (χ2n) is 9.60. The molecule has 0 aromatic heterocycles. The number of amides is 1. The fourth-order valence-electron chi connectivity index (χ4n) is 5.81. The second kappa shape index (κ2) is 9.29. The largest absolute Gasteiger partial charge is 0.489 e. The molecule has 1 atom stereocenters. The highest BCUT2D eigenvalue weighted by molar-refractivity contribution is 5.83. The number of likely N-dealkylation sites (tertiary alicyclic amines) is 1. The molecule has 0 unspecified atom stereocenters. The summed E-state index contributed by atoms with van der Waals surface area (Å²) in [6.07, 6.45) is 8.87. The van der Waals surface area contributed by atoms with Gasteiger partial charge in [-0.15, -0.1) is 0 Å². The van der Waals surface area contributed by atoms with Crippen molar-refractivity contribution in [3.63, 3.8) is 0 Å². The third kappa shape index (κ3) is 4.37. The quantitative estimate of drug-likeness (QED) is 0.707. The van der Waals surface area contributed by atoms with Crippen molar-refractivity contribution >= 4 is 5.91 Å². The number of hydrogen-bond acceptors (Lipinski definition) is 4. The van der Waals surface area contributed by atoms with Crippen LogP contribution in [-0.2, 0) is 14.9 Å². The molecule has 4 fully saturated rings. The lowest BCUT2D eigenvalue weighted by molar-refractivity contribution is -0.153. The minimum atomic E-state index is -0.169. The first-order chi connectivity index (χ1) is 15.0. The summed E-state index contributed by atoms with van der Waals surface area (Å²) >= 11 is 0. The summed E-state index contributed by atoms with van der Waals surface area (Å²) in [5.41, 5.74) is 7.25. The molecule has 4 aliphatic rings. The van der Waals surface area contributed by atoms with Gasteiger partial charge >= 0.3 is 0 Å². The molecule has 0 radical (unpaired) electrons. The molecule has 1 aromatic rings. The fourth-order valence-corrected chi connectivity index (χ4v) is 5.81. The van der Waals surface area contributed by atoms with E-state index >= 15 is 0 Å². The summed E-state index contributed by atoms with van der Waals surface area (Å²) < 4.78 is 23.8. The van der Waals surface area contributed by atoms with Crippen molar-refractivity contribution in [1.82, 2.24) is 4.90 Å². The van der Waals surface area contributed by atoms with E-state index in [1.54, 1.807) is 7.11 Å². The topological polar surface area (TPSA) is 64.8 Å². The van der Waals surface area contributed by atoms with E-state index in [1.165, 1.54) is 5.56 Å². The number of piperidine rings is 1. The van der Waals surface area contributed by atoms with Gasteiger partial charge in [-0.2, -0.15) is 0 Å². The van der Waals surface area contributed by atoms with Gasteiger partial charge in [-0.25, -0.2) is 4.39 Å². The van der Waals surface area contributed by atoms with Gasteiger partial charge in [0.05, 0.1) is 12.4 Å². The molecule has 2 N–H and O–H groups in total. The van der Waals surface area contributed by atoms with Crippen molar-refractivity contribution in [3.8, 4) is 5.75 Å². The van der Waals surface area contributed by atoms with Gasteiger partial charge in [0.25, 0.3) is 0 Å². The molecular weight excluding hydrogens is 395 g/mol. The summed E-state index contributed by atoms with van der Waals surface area (Å²) in [6, 6.07) is 8.22. The number of carbonyl (C=O) groups is 1. The highest BCUT2D eigenvalue weighted by Gasteiger charge is 2.54. The summed E-state index contributed by atoms with van der Waals surface area (Å²) in [5, 5.41) is 0. The number of halogens is 1. The summed E-state index contributed by atoms with van der Waals surface area (Å²) in [6.45, 7) is 1.94. The predicted octanol–water partition coefficient (Wildman–Crippen LogP) is 4.11. The number of nitrogens with two attached hydrogens (primary N) is 1. The summed E-state index contributed by atoms with van der Waals surface area (Å²) in [7, 11) is 1.75. The van der Waals surface area contributed by atoms with Gasteiger partial charge in [-0.3, -0.25) is 4.79 Å².